The third-order valence-corrected chi connectivity index (χ3v) is 14.1. The summed E-state index contributed by atoms with van der Waals surface area (Å²) in [5, 5.41) is 0. The van der Waals surface area contributed by atoms with Crippen LogP contribution in [0.15, 0.2) is 0 Å². The molecule has 244 valence electrons. The van der Waals surface area contributed by atoms with E-state index in [0.717, 1.165) is 80.6 Å². The number of fused-ring (bicyclic) bond motifs is 5. The summed E-state index contributed by atoms with van der Waals surface area (Å²) in [4.78, 5) is 30.2. The van der Waals surface area contributed by atoms with Gasteiger partial charge in [-0.2, -0.15) is 0 Å². The van der Waals surface area contributed by atoms with Gasteiger partial charge in [-0.1, -0.05) is 13.8 Å². The summed E-state index contributed by atoms with van der Waals surface area (Å²) in [6.07, 6.45) is 8.22. The third kappa shape index (κ3) is 5.81. The van der Waals surface area contributed by atoms with Crippen molar-refractivity contribution in [1.82, 2.24) is 9.80 Å². The molecule has 0 spiro atoms. The Labute approximate surface area is 261 Å². The minimum Gasteiger partial charge on any atom is -0.461 e. The smallest absolute Gasteiger partial charge is 0.302 e. The highest BCUT2D eigenvalue weighted by molar-refractivity contribution is 5.66. The average Bonchev–Trinajstić information content (AvgIpc) is 3.20. The molecular weight excluding hydrogens is 540 g/mol. The van der Waals surface area contributed by atoms with Crippen molar-refractivity contribution in [2.24, 2.45) is 34.5 Å². The van der Waals surface area contributed by atoms with E-state index in [-0.39, 0.29) is 35.0 Å². The molecule has 4 aliphatic carbocycles. The number of piperazine rings is 2. The maximum atomic E-state index is 12.5. The van der Waals surface area contributed by atoms with Crippen molar-refractivity contribution in [2.75, 3.05) is 80.5 Å². The highest BCUT2D eigenvalue weighted by atomic mass is 16.5. The first-order chi connectivity index (χ1) is 20.1. The molecule has 2 saturated heterocycles. The number of carbonyl (C=O) groups is 2. The first kappa shape index (κ1) is 31.7. The summed E-state index contributed by atoms with van der Waals surface area (Å²) in [7, 11) is 9.36. The fraction of sp³-hybridized carbons (Fsp3) is 0.943. The van der Waals surface area contributed by atoms with Crippen LogP contribution in [0.1, 0.15) is 72.6 Å². The van der Waals surface area contributed by atoms with Crippen LogP contribution < -0.4 is 0 Å². The van der Waals surface area contributed by atoms with Gasteiger partial charge in [0.1, 0.15) is 12.2 Å². The molecule has 0 unspecified atom stereocenters. The Balaban J connectivity index is 1.26. The standard InChI is InChI=1S/C35H62N4O4/c1-24(40)42-32-21-26-9-10-27-28(35(26,4)23-31(32)37-15-19-39(7,8)20-16-37)11-12-34(3)29(27)22-30(33(34)43-25(2)41)36-13-17-38(5,6)18-14-36/h26-33H,9-23H2,1-8H3/q+2/t26-,27+,28-,29-,30-,31-,32+,33-,34-,35-/m0/s1. The molecule has 0 N–H and O–H groups in total. The fourth-order valence-corrected chi connectivity index (χ4v) is 11.4. The molecule has 8 nitrogen and oxygen atoms in total. The van der Waals surface area contributed by atoms with Crippen LogP contribution in [-0.2, 0) is 19.1 Å². The normalized spacial score (nSPS) is 46.2. The van der Waals surface area contributed by atoms with Crippen molar-refractivity contribution in [3.8, 4) is 0 Å². The Morgan fingerprint density at radius 1 is 0.698 bits per heavy atom. The first-order valence-corrected chi connectivity index (χ1v) is 17.6. The van der Waals surface area contributed by atoms with Crippen LogP contribution in [0.5, 0.6) is 0 Å². The second kappa shape index (κ2) is 11.2. The summed E-state index contributed by atoms with van der Waals surface area (Å²) < 4.78 is 14.6. The SMILES string of the molecule is CC(=O)O[C@@H]1C[C@@H]2CC[C@@H]3[C@H](CC[C@@]4(C)[C@H]3C[C@H](N3CC[N+](C)(C)CC3)[C@@H]4OC(C)=O)[C@@]2(C)C[C@@H]1N1CC[N+](C)(C)CC1. The Hall–Kier alpha value is -1.22. The van der Waals surface area contributed by atoms with E-state index in [1.54, 1.807) is 13.8 Å². The molecule has 0 aromatic carbocycles. The zero-order valence-electron chi connectivity index (χ0n) is 28.6. The van der Waals surface area contributed by atoms with Crippen molar-refractivity contribution >= 4 is 11.9 Å². The molecular formula is C35H62N4O4+2. The summed E-state index contributed by atoms with van der Waals surface area (Å²) in [5.41, 5.74) is 0.308. The van der Waals surface area contributed by atoms with E-state index in [0.29, 0.717) is 35.8 Å². The van der Waals surface area contributed by atoms with E-state index in [9.17, 15) is 9.59 Å². The van der Waals surface area contributed by atoms with E-state index in [4.69, 9.17) is 9.47 Å². The Morgan fingerprint density at radius 3 is 1.81 bits per heavy atom. The van der Waals surface area contributed by atoms with Gasteiger partial charge in [0.15, 0.2) is 0 Å². The minimum absolute atomic E-state index is 0.00234. The molecule has 8 heteroatoms. The molecule has 2 aliphatic heterocycles. The second-order valence-electron chi connectivity index (χ2n) is 17.5. The lowest BCUT2D eigenvalue weighted by molar-refractivity contribution is -0.894. The van der Waals surface area contributed by atoms with Crippen LogP contribution in [0.25, 0.3) is 0 Å². The first-order valence-electron chi connectivity index (χ1n) is 17.6. The predicted octanol–water partition coefficient (Wildman–Crippen LogP) is 3.63. The molecule has 6 fully saturated rings. The lowest BCUT2D eigenvalue weighted by Crippen LogP contribution is -2.64. The highest BCUT2D eigenvalue weighted by Gasteiger charge is 2.65. The average molecular weight is 603 g/mol. The van der Waals surface area contributed by atoms with E-state index >= 15 is 0 Å². The number of esters is 2. The third-order valence-electron chi connectivity index (χ3n) is 14.1. The van der Waals surface area contributed by atoms with Crippen LogP contribution in [-0.4, -0.2) is 136 Å². The van der Waals surface area contributed by atoms with E-state index in [2.05, 4.69) is 51.8 Å². The molecule has 0 amide bonds. The molecule has 0 bridgehead atoms. The van der Waals surface area contributed by atoms with Gasteiger partial charge in [0, 0.05) is 57.5 Å². The lowest BCUT2D eigenvalue weighted by atomic mass is 9.44. The Kier molecular flexibility index (Phi) is 8.30. The zero-order valence-corrected chi connectivity index (χ0v) is 28.6. The van der Waals surface area contributed by atoms with Crippen LogP contribution in [0.3, 0.4) is 0 Å². The molecule has 2 heterocycles. The number of quaternary nitrogens is 2. The molecule has 6 aliphatic rings. The summed E-state index contributed by atoms with van der Waals surface area (Å²) >= 11 is 0. The molecule has 43 heavy (non-hydrogen) atoms. The maximum absolute atomic E-state index is 12.5. The number of nitrogens with zero attached hydrogens (tertiary/aromatic N) is 4. The van der Waals surface area contributed by atoms with Gasteiger partial charge in [0.25, 0.3) is 0 Å². The van der Waals surface area contributed by atoms with Gasteiger partial charge in [-0.3, -0.25) is 19.4 Å². The van der Waals surface area contributed by atoms with Crippen LogP contribution in [0.4, 0.5) is 0 Å². The molecule has 6 rings (SSSR count). The summed E-state index contributed by atoms with van der Waals surface area (Å²) in [5.74, 6) is 2.35. The van der Waals surface area contributed by atoms with Crippen LogP contribution >= 0.6 is 0 Å². The number of hydrogen-bond acceptors (Lipinski definition) is 6. The van der Waals surface area contributed by atoms with Gasteiger partial charge in [-0.25, -0.2) is 0 Å². The van der Waals surface area contributed by atoms with Crippen molar-refractivity contribution in [3.63, 3.8) is 0 Å². The van der Waals surface area contributed by atoms with Crippen LogP contribution in [0.2, 0.25) is 0 Å². The lowest BCUT2D eigenvalue weighted by Gasteiger charge is -2.62. The Morgan fingerprint density at radius 2 is 1.26 bits per heavy atom. The molecule has 0 radical (unpaired) electrons. The number of rotatable bonds is 4. The topological polar surface area (TPSA) is 59.1 Å². The van der Waals surface area contributed by atoms with E-state index in [1.807, 2.05) is 0 Å². The Bertz CT molecular complexity index is 1060. The van der Waals surface area contributed by atoms with Gasteiger partial charge < -0.3 is 18.4 Å². The largest absolute Gasteiger partial charge is 0.461 e. The predicted molar refractivity (Wildman–Crippen MR) is 168 cm³/mol. The van der Waals surface area contributed by atoms with Gasteiger partial charge >= 0.3 is 11.9 Å². The van der Waals surface area contributed by atoms with Crippen molar-refractivity contribution in [3.05, 3.63) is 0 Å². The van der Waals surface area contributed by atoms with E-state index < -0.39 is 0 Å². The summed E-state index contributed by atoms with van der Waals surface area (Å²) in [6, 6.07) is 0.656. The van der Waals surface area contributed by atoms with Crippen molar-refractivity contribution < 1.29 is 28.0 Å². The van der Waals surface area contributed by atoms with E-state index in [1.165, 1.54) is 25.7 Å². The quantitative estimate of drug-likeness (QED) is 0.362. The zero-order chi connectivity index (χ0) is 30.9. The molecule has 4 saturated carbocycles. The molecule has 10 atom stereocenters. The molecule has 0 aromatic rings. The second-order valence-corrected chi connectivity index (χ2v) is 17.5. The number of carbonyl (C=O) groups excluding carboxylic acids is 2. The van der Waals surface area contributed by atoms with Gasteiger partial charge in [0.2, 0.25) is 0 Å². The molecule has 0 aromatic heterocycles. The van der Waals surface area contributed by atoms with Gasteiger partial charge in [-0.05, 0) is 74.0 Å². The van der Waals surface area contributed by atoms with Crippen molar-refractivity contribution in [1.29, 1.82) is 0 Å². The van der Waals surface area contributed by atoms with Crippen LogP contribution in [0, 0.1) is 34.5 Å². The van der Waals surface area contributed by atoms with Gasteiger partial charge in [0.05, 0.1) is 54.4 Å². The maximum Gasteiger partial charge on any atom is 0.302 e. The number of hydrogen-bond donors (Lipinski definition) is 0. The highest BCUT2D eigenvalue weighted by Crippen LogP contribution is 2.67. The number of likely N-dealkylation sites (N-methyl/N-ethyl adjacent to an activating group) is 2. The van der Waals surface area contributed by atoms with Gasteiger partial charge in [-0.15, -0.1) is 0 Å². The number of ether oxygens (including phenoxy) is 2. The monoisotopic (exact) mass is 602 g/mol. The minimum atomic E-state index is -0.123. The fourth-order valence-electron chi connectivity index (χ4n) is 11.4. The van der Waals surface area contributed by atoms with Crippen molar-refractivity contribution in [2.45, 2.75) is 96.9 Å². The summed E-state index contributed by atoms with van der Waals surface area (Å²) in [6.45, 7) is 17.3.